The lowest BCUT2D eigenvalue weighted by Gasteiger charge is -2.27. The van der Waals surface area contributed by atoms with Crippen molar-refractivity contribution in [3.05, 3.63) is 57.8 Å². The minimum absolute atomic E-state index is 0.0446. The number of rotatable bonds is 5. The van der Waals surface area contributed by atoms with Crippen LogP contribution < -0.4 is 9.46 Å². The lowest BCUT2D eigenvalue weighted by Crippen LogP contribution is -2.25. The second-order valence-electron chi connectivity index (χ2n) is 8.25. The summed E-state index contributed by atoms with van der Waals surface area (Å²) in [5, 5.41) is 11.8. The van der Waals surface area contributed by atoms with Gasteiger partial charge in [0.05, 0.1) is 22.5 Å². The first-order chi connectivity index (χ1) is 14.5. The quantitative estimate of drug-likeness (QED) is 0.459. The first kappa shape index (κ1) is 20.9. The maximum Gasteiger partial charge on any atom is 0.312 e. The molecule has 1 N–H and O–H groups in total. The minimum atomic E-state index is -4.12. The van der Waals surface area contributed by atoms with Gasteiger partial charge in [-0.05, 0) is 35.7 Å². The van der Waals surface area contributed by atoms with Crippen molar-refractivity contribution in [1.82, 2.24) is 0 Å². The molecule has 4 rings (SSSR count). The van der Waals surface area contributed by atoms with Crippen LogP contribution in [-0.2, 0) is 16.4 Å². The monoisotopic (exact) mass is 444 g/mol. The number of hydrogen-bond acceptors (Lipinski definition) is 7. The number of carbonyl (C=O) groups excluding carboxylic acids is 1. The lowest BCUT2D eigenvalue weighted by molar-refractivity contribution is -0.386. The summed E-state index contributed by atoms with van der Waals surface area (Å²) in [5.74, 6) is 0.509. The highest BCUT2D eigenvalue weighted by molar-refractivity contribution is 7.92. The minimum Gasteiger partial charge on any atom is -0.490 e. The van der Waals surface area contributed by atoms with E-state index in [1.165, 1.54) is 25.3 Å². The highest BCUT2D eigenvalue weighted by atomic mass is 32.2. The molecule has 2 aromatic carbocycles. The van der Waals surface area contributed by atoms with Crippen LogP contribution in [0.3, 0.4) is 0 Å². The van der Waals surface area contributed by atoms with E-state index in [2.05, 4.69) is 4.72 Å². The van der Waals surface area contributed by atoms with Crippen LogP contribution in [0.4, 0.5) is 11.4 Å². The third-order valence-electron chi connectivity index (χ3n) is 5.23. The van der Waals surface area contributed by atoms with E-state index in [1.54, 1.807) is 12.1 Å². The Morgan fingerprint density at radius 1 is 1.16 bits per heavy atom. The number of carbonyl (C=O) groups is 1. The van der Waals surface area contributed by atoms with Crippen LogP contribution in [0.5, 0.6) is 5.75 Å². The van der Waals surface area contributed by atoms with E-state index in [-0.39, 0.29) is 27.5 Å². The van der Waals surface area contributed by atoms with Crippen molar-refractivity contribution in [3.63, 3.8) is 0 Å². The maximum atomic E-state index is 12.8. The number of nitrogens with one attached hydrogen (secondary N) is 1. The molecule has 0 fully saturated rings. The summed E-state index contributed by atoms with van der Waals surface area (Å²) in [6.45, 7) is 3.99. The fourth-order valence-electron chi connectivity index (χ4n) is 3.86. The number of ketones is 1. The third-order valence-corrected chi connectivity index (χ3v) is 6.61. The Hall–Kier alpha value is -3.40. The van der Waals surface area contributed by atoms with Crippen LogP contribution >= 0.6 is 0 Å². The molecule has 0 atom stereocenters. The number of nitro benzene ring substituents is 1. The van der Waals surface area contributed by atoms with Crippen LogP contribution in [-0.4, -0.2) is 26.2 Å². The number of nitrogens with zero attached hydrogens (tertiary/aromatic N) is 1. The van der Waals surface area contributed by atoms with Crippen molar-refractivity contribution in [2.45, 2.75) is 31.6 Å². The van der Waals surface area contributed by atoms with Crippen molar-refractivity contribution >= 4 is 38.2 Å². The highest BCUT2D eigenvalue weighted by Gasteiger charge is 2.35. The number of furan rings is 1. The topological polar surface area (TPSA) is 129 Å². The van der Waals surface area contributed by atoms with Crippen molar-refractivity contribution in [1.29, 1.82) is 0 Å². The predicted molar refractivity (Wildman–Crippen MR) is 113 cm³/mol. The molecular weight excluding hydrogens is 424 g/mol. The Morgan fingerprint density at radius 3 is 2.58 bits per heavy atom. The van der Waals surface area contributed by atoms with Crippen molar-refractivity contribution in [2.75, 3.05) is 11.8 Å². The summed E-state index contributed by atoms with van der Waals surface area (Å²) in [4.78, 5) is 22.9. The first-order valence-corrected chi connectivity index (χ1v) is 10.9. The van der Waals surface area contributed by atoms with E-state index in [1.807, 2.05) is 13.8 Å². The summed E-state index contributed by atoms with van der Waals surface area (Å²) < 4.78 is 38.8. The van der Waals surface area contributed by atoms with Gasteiger partial charge < -0.3 is 9.15 Å². The standard InChI is InChI=1S/C21H20N2O7S/c1-21(2)10-16(24)20-14-8-12(4-6-17(14)30-19(20)11-21)22-31(27,28)13-5-7-18(29-3)15(9-13)23(25)26/h4-9,22H,10-11H2,1-3H3. The number of sulfonamides is 1. The number of hydrogen-bond donors (Lipinski definition) is 1. The molecule has 1 heterocycles. The SMILES string of the molecule is COc1ccc(S(=O)(=O)Nc2ccc3oc4c(c3c2)C(=O)CC(C)(C)C4)cc1[N+](=O)[O-]. The average molecular weight is 444 g/mol. The predicted octanol–water partition coefficient (Wildman–Crippen LogP) is 4.31. The summed E-state index contributed by atoms with van der Waals surface area (Å²) in [6, 6.07) is 8.04. The van der Waals surface area contributed by atoms with E-state index >= 15 is 0 Å². The molecule has 0 amide bonds. The van der Waals surface area contributed by atoms with Crippen LogP contribution in [0.25, 0.3) is 11.0 Å². The van der Waals surface area contributed by atoms with E-state index in [9.17, 15) is 23.3 Å². The maximum absolute atomic E-state index is 12.8. The molecule has 0 aliphatic heterocycles. The van der Waals surface area contributed by atoms with Gasteiger partial charge >= 0.3 is 5.69 Å². The number of methoxy groups -OCH3 is 1. The lowest BCUT2D eigenvalue weighted by atomic mass is 9.76. The zero-order valence-corrected chi connectivity index (χ0v) is 17.9. The molecule has 0 saturated carbocycles. The number of ether oxygens (including phenoxy) is 1. The van der Waals surface area contributed by atoms with Crippen molar-refractivity contribution < 1.29 is 27.3 Å². The molecule has 3 aromatic rings. The van der Waals surface area contributed by atoms with Gasteiger partial charge in [0.15, 0.2) is 11.5 Å². The Bertz CT molecular complexity index is 1340. The summed E-state index contributed by atoms with van der Waals surface area (Å²) in [6.07, 6.45) is 0.986. The number of benzene rings is 2. The molecule has 0 unspecified atom stereocenters. The molecule has 31 heavy (non-hydrogen) atoms. The van der Waals surface area contributed by atoms with Gasteiger partial charge in [-0.25, -0.2) is 8.42 Å². The molecule has 162 valence electrons. The molecule has 0 saturated heterocycles. The molecule has 0 spiro atoms. The third kappa shape index (κ3) is 3.74. The second kappa shape index (κ2) is 7.09. The molecule has 9 nitrogen and oxygen atoms in total. The molecule has 10 heteroatoms. The van der Waals surface area contributed by atoms with Crippen LogP contribution in [0.2, 0.25) is 0 Å². The van der Waals surface area contributed by atoms with E-state index in [0.717, 1.165) is 6.07 Å². The van der Waals surface area contributed by atoms with Gasteiger partial charge in [-0.3, -0.25) is 19.6 Å². The number of anilines is 1. The molecule has 1 aliphatic carbocycles. The smallest absolute Gasteiger partial charge is 0.312 e. The summed E-state index contributed by atoms with van der Waals surface area (Å²) in [5.41, 5.74) is 0.533. The Kier molecular flexibility index (Phi) is 4.77. The van der Waals surface area contributed by atoms with Crippen molar-refractivity contribution in [3.8, 4) is 5.75 Å². The Balaban J connectivity index is 1.72. The fourth-order valence-corrected chi connectivity index (χ4v) is 4.92. The summed E-state index contributed by atoms with van der Waals surface area (Å²) >= 11 is 0. The second-order valence-corrected chi connectivity index (χ2v) is 9.93. The Labute approximate surface area is 178 Å². The largest absolute Gasteiger partial charge is 0.490 e. The van der Waals surface area contributed by atoms with Gasteiger partial charge in [-0.15, -0.1) is 0 Å². The fraction of sp³-hybridized carbons (Fsp3) is 0.286. The number of Topliss-reactive ketones (excluding diaryl/α,β-unsaturated/α-hetero) is 1. The zero-order chi connectivity index (χ0) is 22.6. The van der Waals surface area contributed by atoms with Gasteiger partial charge in [-0.2, -0.15) is 0 Å². The normalized spacial score (nSPS) is 15.5. The van der Waals surface area contributed by atoms with Gasteiger partial charge in [0, 0.05) is 30.0 Å². The first-order valence-electron chi connectivity index (χ1n) is 9.45. The van der Waals surface area contributed by atoms with Gasteiger partial charge in [0.2, 0.25) is 0 Å². The zero-order valence-electron chi connectivity index (χ0n) is 17.1. The van der Waals surface area contributed by atoms with Crippen LogP contribution in [0, 0.1) is 15.5 Å². The molecule has 0 radical (unpaired) electrons. The summed E-state index contributed by atoms with van der Waals surface area (Å²) in [7, 11) is -2.86. The molecule has 0 bridgehead atoms. The molecular formula is C21H20N2O7S. The number of nitro groups is 1. The van der Waals surface area contributed by atoms with Crippen molar-refractivity contribution in [2.24, 2.45) is 5.41 Å². The van der Waals surface area contributed by atoms with E-state index < -0.39 is 20.6 Å². The molecule has 1 aliphatic rings. The van der Waals surface area contributed by atoms with E-state index in [0.29, 0.717) is 35.1 Å². The van der Waals surface area contributed by atoms with Gasteiger partial charge in [-0.1, -0.05) is 13.8 Å². The van der Waals surface area contributed by atoms with Gasteiger partial charge in [0.1, 0.15) is 11.3 Å². The van der Waals surface area contributed by atoms with Gasteiger partial charge in [0.25, 0.3) is 10.0 Å². The van der Waals surface area contributed by atoms with Crippen LogP contribution in [0.1, 0.15) is 36.4 Å². The number of fused-ring (bicyclic) bond motifs is 3. The van der Waals surface area contributed by atoms with E-state index in [4.69, 9.17) is 9.15 Å². The average Bonchev–Trinajstić information content (AvgIpc) is 3.03. The Morgan fingerprint density at radius 2 is 1.90 bits per heavy atom. The molecule has 1 aromatic heterocycles. The highest BCUT2D eigenvalue weighted by Crippen LogP contribution is 2.40. The van der Waals surface area contributed by atoms with Crippen LogP contribution in [0.15, 0.2) is 45.7 Å².